The molecule has 2 atom stereocenters. The van der Waals surface area contributed by atoms with Crippen molar-refractivity contribution in [2.45, 2.75) is 38.1 Å². The molecule has 23 heavy (non-hydrogen) atoms. The maximum Gasteiger partial charge on any atom is 0.237 e. The molecule has 2 heterocycles. The van der Waals surface area contributed by atoms with Crippen LogP contribution in [0.15, 0.2) is 30.3 Å². The van der Waals surface area contributed by atoms with Crippen LogP contribution in [0, 0.1) is 5.92 Å². The van der Waals surface area contributed by atoms with Crippen LogP contribution in [0.2, 0.25) is 0 Å². The Balaban J connectivity index is 1.38. The van der Waals surface area contributed by atoms with E-state index in [4.69, 9.17) is 0 Å². The van der Waals surface area contributed by atoms with Crippen molar-refractivity contribution in [3.63, 3.8) is 0 Å². The topological polar surface area (TPSA) is 44.4 Å². The number of piperidine rings is 1. The summed E-state index contributed by atoms with van der Waals surface area (Å²) >= 11 is 0. The van der Waals surface area contributed by atoms with Crippen LogP contribution in [0.4, 0.5) is 0 Å². The van der Waals surface area contributed by atoms with Gasteiger partial charge in [0, 0.05) is 19.6 Å². The molecule has 0 bridgehead atoms. The van der Waals surface area contributed by atoms with Crippen LogP contribution in [0.25, 0.3) is 0 Å². The lowest BCUT2D eigenvalue weighted by atomic mass is 9.97. The van der Waals surface area contributed by atoms with Crippen molar-refractivity contribution in [1.29, 1.82) is 0 Å². The van der Waals surface area contributed by atoms with Gasteiger partial charge >= 0.3 is 0 Å². The Labute approximate surface area is 139 Å². The predicted octanol–water partition coefficient (Wildman–Crippen LogP) is 1.81. The molecule has 0 spiro atoms. The third kappa shape index (κ3) is 5.05. The molecule has 0 saturated carbocycles. The summed E-state index contributed by atoms with van der Waals surface area (Å²) in [5.41, 5.74) is 1.41. The van der Waals surface area contributed by atoms with Crippen molar-refractivity contribution >= 4 is 5.91 Å². The summed E-state index contributed by atoms with van der Waals surface area (Å²) in [6.07, 6.45) is 5.71. The zero-order valence-electron chi connectivity index (χ0n) is 14.0. The average molecular weight is 315 g/mol. The summed E-state index contributed by atoms with van der Waals surface area (Å²) in [5, 5.41) is 6.43. The SMILES string of the molecule is O=C(NCC1CCCN(CCc2ccccc2)C1)C1CCCN1. The fraction of sp³-hybridized carbons (Fsp3) is 0.632. The van der Waals surface area contributed by atoms with Gasteiger partial charge < -0.3 is 15.5 Å². The Hall–Kier alpha value is -1.39. The van der Waals surface area contributed by atoms with Crippen LogP contribution in [-0.2, 0) is 11.2 Å². The first-order valence-corrected chi connectivity index (χ1v) is 9.08. The molecule has 2 N–H and O–H groups in total. The second-order valence-corrected chi connectivity index (χ2v) is 6.94. The number of nitrogens with zero attached hydrogens (tertiary/aromatic N) is 1. The summed E-state index contributed by atoms with van der Waals surface area (Å²) < 4.78 is 0. The molecule has 3 rings (SSSR count). The smallest absolute Gasteiger partial charge is 0.237 e. The molecule has 0 aliphatic carbocycles. The molecule has 1 aromatic rings. The van der Waals surface area contributed by atoms with Crippen molar-refractivity contribution in [2.24, 2.45) is 5.92 Å². The Kier molecular flexibility index (Phi) is 6.06. The molecule has 1 aromatic carbocycles. The van der Waals surface area contributed by atoms with E-state index in [9.17, 15) is 4.79 Å². The third-order valence-corrected chi connectivity index (χ3v) is 5.10. The molecule has 4 heteroatoms. The highest BCUT2D eigenvalue weighted by molar-refractivity contribution is 5.81. The van der Waals surface area contributed by atoms with Gasteiger partial charge in [-0.15, -0.1) is 0 Å². The lowest BCUT2D eigenvalue weighted by molar-refractivity contribution is -0.123. The zero-order chi connectivity index (χ0) is 15.9. The lowest BCUT2D eigenvalue weighted by Crippen LogP contribution is -2.45. The number of likely N-dealkylation sites (tertiary alicyclic amines) is 1. The van der Waals surface area contributed by atoms with Crippen molar-refractivity contribution in [1.82, 2.24) is 15.5 Å². The predicted molar refractivity (Wildman–Crippen MR) is 93.3 cm³/mol. The van der Waals surface area contributed by atoms with Gasteiger partial charge in [-0.25, -0.2) is 0 Å². The van der Waals surface area contributed by atoms with Gasteiger partial charge in [0.25, 0.3) is 0 Å². The fourth-order valence-corrected chi connectivity index (χ4v) is 3.73. The number of benzene rings is 1. The summed E-state index contributed by atoms with van der Waals surface area (Å²) in [4.78, 5) is 14.6. The molecule has 126 valence electrons. The minimum absolute atomic E-state index is 0.0489. The molecule has 0 aromatic heterocycles. The first-order valence-electron chi connectivity index (χ1n) is 9.08. The largest absolute Gasteiger partial charge is 0.354 e. The van der Waals surface area contributed by atoms with E-state index >= 15 is 0 Å². The normalized spacial score (nSPS) is 25.4. The minimum Gasteiger partial charge on any atom is -0.354 e. The van der Waals surface area contributed by atoms with Crippen LogP contribution in [0.1, 0.15) is 31.2 Å². The maximum atomic E-state index is 12.1. The Morgan fingerprint density at radius 2 is 2.09 bits per heavy atom. The third-order valence-electron chi connectivity index (χ3n) is 5.10. The molecule has 2 aliphatic rings. The quantitative estimate of drug-likeness (QED) is 0.841. The van der Waals surface area contributed by atoms with Crippen molar-refractivity contribution in [3.05, 3.63) is 35.9 Å². The van der Waals surface area contributed by atoms with Gasteiger partial charge in [-0.2, -0.15) is 0 Å². The van der Waals surface area contributed by atoms with Crippen LogP contribution in [0.3, 0.4) is 0 Å². The van der Waals surface area contributed by atoms with Crippen molar-refractivity contribution in [2.75, 3.05) is 32.7 Å². The maximum absolute atomic E-state index is 12.1. The van der Waals surface area contributed by atoms with Crippen molar-refractivity contribution < 1.29 is 4.79 Å². The van der Waals surface area contributed by atoms with Gasteiger partial charge in [0.15, 0.2) is 0 Å². The van der Waals surface area contributed by atoms with Gasteiger partial charge in [-0.3, -0.25) is 4.79 Å². The molecular weight excluding hydrogens is 286 g/mol. The molecule has 2 unspecified atom stereocenters. The standard InChI is InChI=1S/C19H29N3O/c23-19(18-9-4-11-20-18)21-14-17-8-5-12-22(15-17)13-10-16-6-2-1-3-7-16/h1-3,6-7,17-18,20H,4-5,8-15H2,(H,21,23). The van der Waals surface area contributed by atoms with Gasteiger partial charge in [-0.1, -0.05) is 30.3 Å². The molecule has 2 saturated heterocycles. The van der Waals surface area contributed by atoms with E-state index < -0.39 is 0 Å². The van der Waals surface area contributed by atoms with E-state index in [0.717, 1.165) is 45.4 Å². The fourth-order valence-electron chi connectivity index (χ4n) is 3.73. The number of nitrogens with one attached hydrogen (secondary N) is 2. The summed E-state index contributed by atoms with van der Waals surface area (Å²) in [6.45, 7) is 5.25. The van der Waals surface area contributed by atoms with Crippen LogP contribution < -0.4 is 10.6 Å². The summed E-state index contributed by atoms with van der Waals surface area (Å²) in [5.74, 6) is 0.800. The molecule has 0 radical (unpaired) electrons. The number of hydrogen-bond donors (Lipinski definition) is 2. The first-order chi connectivity index (χ1) is 11.3. The van der Waals surface area contributed by atoms with Gasteiger partial charge in [0.2, 0.25) is 5.91 Å². The highest BCUT2D eigenvalue weighted by Crippen LogP contribution is 2.16. The Morgan fingerprint density at radius 1 is 1.22 bits per heavy atom. The van der Waals surface area contributed by atoms with Crippen molar-refractivity contribution in [3.8, 4) is 0 Å². The number of rotatable bonds is 6. The van der Waals surface area contributed by atoms with Crippen LogP contribution in [0.5, 0.6) is 0 Å². The van der Waals surface area contributed by atoms with E-state index in [2.05, 4.69) is 45.9 Å². The lowest BCUT2D eigenvalue weighted by Gasteiger charge is -2.33. The Bertz CT molecular complexity index is 485. The second-order valence-electron chi connectivity index (χ2n) is 6.94. The molecule has 2 fully saturated rings. The zero-order valence-corrected chi connectivity index (χ0v) is 14.0. The van der Waals surface area contributed by atoms with Crippen LogP contribution in [-0.4, -0.2) is 49.6 Å². The highest BCUT2D eigenvalue weighted by atomic mass is 16.2. The van der Waals surface area contributed by atoms with E-state index in [0.29, 0.717) is 5.92 Å². The highest BCUT2D eigenvalue weighted by Gasteiger charge is 2.24. The van der Waals surface area contributed by atoms with E-state index in [1.807, 2.05) is 0 Å². The molecule has 1 amide bonds. The summed E-state index contributed by atoms with van der Waals surface area (Å²) in [6, 6.07) is 10.8. The monoisotopic (exact) mass is 315 g/mol. The first kappa shape index (κ1) is 16.5. The molecule has 4 nitrogen and oxygen atoms in total. The molecular formula is C19H29N3O. The van der Waals surface area contributed by atoms with E-state index in [1.165, 1.54) is 24.9 Å². The number of amides is 1. The van der Waals surface area contributed by atoms with Gasteiger partial charge in [0.1, 0.15) is 0 Å². The van der Waals surface area contributed by atoms with E-state index in [-0.39, 0.29) is 11.9 Å². The van der Waals surface area contributed by atoms with E-state index in [1.54, 1.807) is 0 Å². The minimum atomic E-state index is 0.0489. The average Bonchev–Trinajstić information content (AvgIpc) is 3.14. The summed E-state index contributed by atoms with van der Waals surface area (Å²) in [7, 11) is 0. The number of hydrogen-bond acceptors (Lipinski definition) is 3. The molecule has 2 aliphatic heterocycles. The second kappa shape index (κ2) is 8.46. The number of carbonyl (C=O) groups is 1. The van der Waals surface area contributed by atoms with Gasteiger partial charge in [-0.05, 0) is 56.7 Å². The van der Waals surface area contributed by atoms with Crippen LogP contribution >= 0.6 is 0 Å². The Morgan fingerprint density at radius 3 is 2.87 bits per heavy atom. The number of carbonyl (C=O) groups excluding carboxylic acids is 1. The van der Waals surface area contributed by atoms with Gasteiger partial charge in [0.05, 0.1) is 6.04 Å².